The van der Waals surface area contributed by atoms with Gasteiger partial charge in [-0.05, 0) is 18.1 Å². The second kappa shape index (κ2) is 5.25. The van der Waals surface area contributed by atoms with E-state index in [0.29, 0.717) is 24.8 Å². The normalized spacial score (nSPS) is 27.5. The van der Waals surface area contributed by atoms with E-state index in [9.17, 15) is 14.4 Å². The van der Waals surface area contributed by atoms with Crippen molar-refractivity contribution in [3.63, 3.8) is 0 Å². The minimum Gasteiger partial charge on any atom is -0.458 e. The van der Waals surface area contributed by atoms with Crippen LogP contribution < -0.4 is 0 Å². The van der Waals surface area contributed by atoms with Crippen molar-refractivity contribution in [1.82, 2.24) is 0 Å². The zero-order valence-electron chi connectivity index (χ0n) is 10.5. The van der Waals surface area contributed by atoms with E-state index in [2.05, 4.69) is 0 Å². The van der Waals surface area contributed by atoms with Crippen molar-refractivity contribution in [3.8, 4) is 0 Å². The lowest BCUT2D eigenvalue weighted by molar-refractivity contribution is -0.144. The molecule has 0 bridgehead atoms. The first kappa shape index (κ1) is 13.6. The fourth-order valence-corrected chi connectivity index (χ4v) is 2.23. The molecule has 1 rings (SSSR count). The first-order valence-corrected chi connectivity index (χ1v) is 5.77. The molecule has 0 saturated carbocycles. The monoisotopic (exact) mass is 238 g/mol. The molecule has 94 valence electrons. The van der Waals surface area contributed by atoms with Gasteiger partial charge in [-0.25, -0.2) is 0 Å². The maximum Gasteiger partial charge on any atom is 0.303 e. The summed E-state index contributed by atoms with van der Waals surface area (Å²) in [5, 5.41) is 0. The first-order chi connectivity index (χ1) is 7.91. The molecule has 0 spiro atoms. The maximum atomic E-state index is 11.5. The first-order valence-electron chi connectivity index (χ1n) is 5.77. The van der Waals surface area contributed by atoms with Gasteiger partial charge in [0.05, 0.1) is 0 Å². The van der Waals surface area contributed by atoms with Gasteiger partial charge in [-0.3, -0.25) is 14.4 Å². The van der Waals surface area contributed by atoms with Crippen LogP contribution in [0, 0.1) is 5.41 Å². The molecule has 0 aromatic heterocycles. The Morgan fingerprint density at radius 1 is 1.59 bits per heavy atom. The highest BCUT2D eigenvalue weighted by atomic mass is 16.5. The Morgan fingerprint density at radius 3 is 2.71 bits per heavy atom. The van der Waals surface area contributed by atoms with E-state index >= 15 is 0 Å². The zero-order valence-corrected chi connectivity index (χ0v) is 10.5. The molecule has 0 aliphatic heterocycles. The number of allylic oxidation sites excluding steroid dienone is 1. The minimum atomic E-state index is -0.491. The topological polar surface area (TPSA) is 60.4 Å². The Kier molecular flexibility index (Phi) is 4.21. The van der Waals surface area contributed by atoms with Gasteiger partial charge in [0.2, 0.25) is 0 Å². The second-order valence-corrected chi connectivity index (χ2v) is 4.72. The van der Waals surface area contributed by atoms with Gasteiger partial charge in [0.25, 0.3) is 0 Å². The molecule has 1 aliphatic carbocycles. The number of aldehydes is 1. The van der Waals surface area contributed by atoms with Crippen molar-refractivity contribution in [2.75, 3.05) is 0 Å². The van der Waals surface area contributed by atoms with Crippen molar-refractivity contribution in [2.45, 2.75) is 46.1 Å². The SMILES string of the molecule is CCC(=O)C[C@]1(C)C[C@H](OC(C)=O)C=C1C=O. The lowest BCUT2D eigenvalue weighted by Crippen LogP contribution is -2.24. The molecule has 0 unspecified atom stereocenters. The van der Waals surface area contributed by atoms with Crippen LogP contribution in [0.5, 0.6) is 0 Å². The van der Waals surface area contributed by atoms with Crippen LogP contribution in [-0.2, 0) is 19.1 Å². The van der Waals surface area contributed by atoms with Crippen molar-refractivity contribution < 1.29 is 19.1 Å². The molecule has 4 heteroatoms. The van der Waals surface area contributed by atoms with Crippen molar-refractivity contribution in [3.05, 3.63) is 11.6 Å². The van der Waals surface area contributed by atoms with Crippen LogP contribution in [0.4, 0.5) is 0 Å². The molecule has 1 aliphatic rings. The highest BCUT2D eigenvalue weighted by Gasteiger charge is 2.39. The molecule has 2 atom stereocenters. The number of esters is 1. The standard InChI is InChI=1S/C13H18O4/c1-4-11(16)6-13(3)7-12(17-9(2)15)5-10(13)8-14/h5,8,12H,4,6-7H2,1-3H3/t12-,13-/m1/s1. The quantitative estimate of drug-likeness (QED) is 0.541. The fourth-order valence-electron chi connectivity index (χ4n) is 2.23. The highest BCUT2D eigenvalue weighted by molar-refractivity contribution is 5.83. The average Bonchev–Trinajstić information content (AvgIpc) is 2.53. The van der Waals surface area contributed by atoms with Crippen molar-refractivity contribution >= 4 is 18.0 Å². The predicted octanol–water partition coefficient (Wildman–Crippen LogP) is 1.82. The summed E-state index contributed by atoms with van der Waals surface area (Å²) in [5.41, 5.74) is 0.0696. The van der Waals surface area contributed by atoms with Crippen LogP contribution in [0.3, 0.4) is 0 Å². The molecule has 0 fully saturated rings. The van der Waals surface area contributed by atoms with Gasteiger partial charge in [-0.15, -0.1) is 0 Å². The van der Waals surface area contributed by atoms with Gasteiger partial charge in [-0.2, -0.15) is 0 Å². The minimum absolute atomic E-state index is 0.115. The summed E-state index contributed by atoms with van der Waals surface area (Å²) < 4.78 is 5.07. The Labute approximate surface area is 101 Å². The molecular weight excluding hydrogens is 220 g/mol. The van der Waals surface area contributed by atoms with E-state index in [4.69, 9.17) is 4.74 Å². The van der Waals surface area contributed by atoms with Crippen molar-refractivity contribution in [1.29, 1.82) is 0 Å². The molecule has 0 N–H and O–H groups in total. The predicted molar refractivity (Wildman–Crippen MR) is 62.3 cm³/mol. The third kappa shape index (κ3) is 3.25. The number of carbonyl (C=O) groups excluding carboxylic acids is 3. The summed E-state index contributed by atoms with van der Waals surface area (Å²) in [6, 6.07) is 0. The smallest absolute Gasteiger partial charge is 0.303 e. The summed E-state index contributed by atoms with van der Waals surface area (Å²) in [7, 11) is 0. The Morgan fingerprint density at radius 2 is 2.24 bits per heavy atom. The zero-order chi connectivity index (χ0) is 13.1. The van der Waals surface area contributed by atoms with E-state index in [1.807, 2.05) is 6.92 Å². The summed E-state index contributed by atoms with van der Waals surface area (Å²) in [6.07, 6.45) is 3.31. The van der Waals surface area contributed by atoms with Gasteiger partial charge >= 0.3 is 5.97 Å². The summed E-state index contributed by atoms with van der Waals surface area (Å²) in [4.78, 5) is 33.4. The Balaban J connectivity index is 2.81. The van der Waals surface area contributed by atoms with E-state index < -0.39 is 5.41 Å². The number of ketones is 1. The molecule has 0 aromatic rings. The molecule has 0 amide bonds. The molecule has 0 saturated heterocycles. The number of Topliss-reactive ketones (excluding diaryl/α,β-unsaturated/α-hetero) is 1. The third-order valence-electron chi connectivity index (χ3n) is 3.14. The van der Waals surface area contributed by atoms with Crippen LogP contribution in [0.2, 0.25) is 0 Å². The van der Waals surface area contributed by atoms with Gasteiger partial charge in [0.1, 0.15) is 18.2 Å². The van der Waals surface area contributed by atoms with Gasteiger partial charge in [0.15, 0.2) is 0 Å². The van der Waals surface area contributed by atoms with Crippen LogP contribution in [0.1, 0.15) is 40.0 Å². The number of ether oxygens (including phenoxy) is 1. The van der Waals surface area contributed by atoms with E-state index in [0.717, 1.165) is 6.29 Å². The molecule has 17 heavy (non-hydrogen) atoms. The number of rotatable bonds is 5. The Bertz CT molecular complexity index is 370. The van der Waals surface area contributed by atoms with E-state index in [1.54, 1.807) is 13.0 Å². The lowest BCUT2D eigenvalue weighted by atomic mass is 9.78. The van der Waals surface area contributed by atoms with Gasteiger partial charge in [-0.1, -0.05) is 13.8 Å². The van der Waals surface area contributed by atoms with E-state index in [-0.39, 0.29) is 17.9 Å². The molecular formula is C13H18O4. The summed E-state index contributed by atoms with van der Waals surface area (Å²) >= 11 is 0. The fraction of sp³-hybridized carbons (Fsp3) is 0.615. The molecule has 0 aromatic carbocycles. The van der Waals surface area contributed by atoms with Crippen molar-refractivity contribution in [2.24, 2.45) is 5.41 Å². The summed E-state index contributed by atoms with van der Waals surface area (Å²) in [6.45, 7) is 5.00. The molecule has 0 heterocycles. The third-order valence-corrected chi connectivity index (χ3v) is 3.14. The number of hydrogen-bond acceptors (Lipinski definition) is 4. The maximum absolute atomic E-state index is 11.5. The highest BCUT2D eigenvalue weighted by Crippen LogP contribution is 2.42. The lowest BCUT2D eigenvalue weighted by Gasteiger charge is -2.25. The van der Waals surface area contributed by atoms with Gasteiger partial charge < -0.3 is 4.74 Å². The number of carbonyl (C=O) groups is 3. The number of hydrogen-bond donors (Lipinski definition) is 0. The van der Waals surface area contributed by atoms with Crippen LogP contribution >= 0.6 is 0 Å². The van der Waals surface area contributed by atoms with Crippen LogP contribution in [0.25, 0.3) is 0 Å². The van der Waals surface area contributed by atoms with Crippen LogP contribution in [0.15, 0.2) is 11.6 Å². The largest absolute Gasteiger partial charge is 0.458 e. The van der Waals surface area contributed by atoms with Gasteiger partial charge in [0, 0.05) is 25.2 Å². The van der Waals surface area contributed by atoms with Crippen LogP contribution in [-0.4, -0.2) is 24.1 Å². The average molecular weight is 238 g/mol. The molecule has 4 nitrogen and oxygen atoms in total. The summed E-state index contributed by atoms with van der Waals surface area (Å²) in [5.74, 6) is -0.258. The Hall–Kier alpha value is -1.45. The van der Waals surface area contributed by atoms with E-state index in [1.165, 1.54) is 6.92 Å². The second-order valence-electron chi connectivity index (χ2n) is 4.72. The molecule has 0 radical (unpaired) electrons.